The summed E-state index contributed by atoms with van der Waals surface area (Å²) in [6, 6.07) is 4.85. The van der Waals surface area contributed by atoms with Gasteiger partial charge in [0.2, 0.25) is 10.0 Å². The third kappa shape index (κ3) is 8.13. The molecule has 1 unspecified atom stereocenters. The summed E-state index contributed by atoms with van der Waals surface area (Å²) in [5.41, 5.74) is 0.0889. The molecular weight excluding hydrogens is 542 g/mol. The Kier molecular flexibility index (Phi) is 9.14. The topological polar surface area (TPSA) is 159 Å². The van der Waals surface area contributed by atoms with E-state index in [1.165, 1.54) is 17.4 Å². The fourth-order valence-electron chi connectivity index (χ4n) is 4.97. The maximum absolute atomic E-state index is 13.5. The molecule has 1 aliphatic heterocycles. The van der Waals surface area contributed by atoms with E-state index in [4.69, 9.17) is 9.84 Å². The molecular formula is C26H37N5O6S2. The van der Waals surface area contributed by atoms with E-state index in [2.05, 4.69) is 25.7 Å². The molecule has 1 atom stereocenters. The van der Waals surface area contributed by atoms with Gasteiger partial charge in [-0.1, -0.05) is 6.07 Å². The SMILES string of the molecule is CC(C)(C)NS(=O)(=O)c1cc(NC(=O)OCC2CCCN2)ccc1-c1cnc(C2CCC(NC(=O)O)CC2)s1. The van der Waals surface area contributed by atoms with E-state index in [0.717, 1.165) is 50.1 Å². The van der Waals surface area contributed by atoms with E-state index in [0.29, 0.717) is 16.1 Å². The van der Waals surface area contributed by atoms with E-state index in [1.807, 2.05) is 0 Å². The number of carbonyl (C=O) groups excluding carboxylic acids is 1. The van der Waals surface area contributed by atoms with Gasteiger partial charge in [-0.2, -0.15) is 0 Å². The number of rotatable bonds is 8. The van der Waals surface area contributed by atoms with Crippen molar-refractivity contribution in [1.29, 1.82) is 0 Å². The molecule has 4 rings (SSSR count). The van der Waals surface area contributed by atoms with Gasteiger partial charge in [0.05, 0.1) is 14.8 Å². The normalized spacial score (nSPS) is 21.9. The molecule has 1 saturated carbocycles. The predicted molar refractivity (Wildman–Crippen MR) is 150 cm³/mol. The largest absolute Gasteiger partial charge is 0.465 e. The van der Waals surface area contributed by atoms with E-state index >= 15 is 0 Å². The minimum atomic E-state index is -3.95. The van der Waals surface area contributed by atoms with Crippen LogP contribution in [0.2, 0.25) is 0 Å². The van der Waals surface area contributed by atoms with Gasteiger partial charge in [-0.25, -0.2) is 27.7 Å². The van der Waals surface area contributed by atoms with E-state index in [9.17, 15) is 18.0 Å². The van der Waals surface area contributed by atoms with Crippen LogP contribution in [0.25, 0.3) is 10.4 Å². The average molecular weight is 580 g/mol. The summed E-state index contributed by atoms with van der Waals surface area (Å²) in [4.78, 5) is 28.7. The number of hydrogen-bond acceptors (Lipinski definition) is 8. The Morgan fingerprint density at radius 2 is 1.92 bits per heavy atom. The number of thiazole rings is 1. The number of carbonyl (C=O) groups is 2. The third-order valence-electron chi connectivity index (χ3n) is 6.73. The van der Waals surface area contributed by atoms with Crippen molar-refractivity contribution in [3.8, 4) is 10.4 Å². The summed E-state index contributed by atoms with van der Waals surface area (Å²) in [5.74, 6) is 0.188. The molecule has 0 radical (unpaired) electrons. The van der Waals surface area contributed by atoms with Gasteiger partial charge in [-0.05, 0) is 78.0 Å². The predicted octanol–water partition coefficient (Wildman–Crippen LogP) is 4.48. The number of hydrogen-bond donors (Lipinski definition) is 5. The monoisotopic (exact) mass is 579 g/mol. The first-order valence-electron chi connectivity index (χ1n) is 13.2. The van der Waals surface area contributed by atoms with Crippen LogP contribution in [-0.2, 0) is 14.8 Å². The molecule has 2 amide bonds. The molecule has 1 aliphatic carbocycles. The van der Waals surface area contributed by atoms with Crippen LogP contribution in [0.5, 0.6) is 0 Å². The summed E-state index contributed by atoms with van der Waals surface area (Å²) in [7, 11) is -3.95. The molecule has 1 aromatic heterocycles. The van der Waals surface area contributed by atoms with Crippen molar-refractivity contribution >= 4 is 39.2 Å². The van der Waals surface area contributed by atoms with Crippen molar-refractivity contribution in [3.63, 3.8) is 0 Å². The number of anilines is 1. The van der Waals surface area contributed by atoms with Gasteiger partial charge >= 0.3 is 12.2 Å². The van der Waals surface area contributed by atoms with Crippen molar-refractivity contribution in [1.82, 2.24) is 20.3 Å². The summed E-state index contributed by atoms with van der Waals surface area (Å²) < 4.78 is 35.0. The second-order valence-corrected chi connectivity index (χ2v) is 13.9. The first-order valence-corrected chi connectivity index (χ1v) is 15.5. The third-order valence-corrected chi connectivity index (χ3v) is 9.72. The van der Waals surface area contributed by atoms with Crippen molar-refractivity contribution in [2.24, 2.45) is 0 Å². The highest BCUT2D eigenvalue weighted by Crippen LogP contribution is 2.40. The first kappa shape index (κ1) is 29.2. The number of nitrogens with zero attached hydrogens (tertiary/aromatic N) is 1. The van der Waals surface area contributed by atoms with Crippen LogP contribution in [0, 0.1) is 0 Å². The van der Waals surface area contributed by atoms with Gasteiger partial charge < -0.3 is 20.5 Å². The van der Waals surface area contributed by atoms with E-state index in [-0.39, 0.29) is 29.5 Å². The molecule has 2 aromatic rings. The zero-order chi connectivity index (χ0) is 28.2. The first-order chi connectivity index (χ1) is 18.4. The molecule has 214 valence electrons. The smallest absolute Gasteiger partial charge is 0.411 e. The highest BCUT2D eigenvalue weighted by Gasteiger charge is 2.29. The Balaban J connectivity index is 1.54. The zero-order valence-electron chi connectivity index (χ0n) is 22.5. The number of sulfonamides is 1. The van der Waals surface area contributed by atoms with Crippen LogP contribution in [-0.4, -0.2) is 61.5 Å². The van der Waals surface area contributed by atoms with Crippen molar-refractivity contribution in [2.75, 3.05) is 18.5 Å². The lowest BCUT2D eigenvalue weighted by Gasteiger charge is -2.27. The highest BCUT2D eigenvalue weighted by molar-refractivity contribution is 7.89. The number of nitrogens with one attached hydrogen (secondary N) is 4. The Bertz CT molecular complexity index is 1280. The maximum atomic E-state index is 13.5. The summed E-state index contributed by atoms with van der Waals surface area (Å²) in [6.45, 7) is 6.45. The summed E-state index contributed by atoms with van der Waals surface area (Å²) in [5, 5.41) is 18.3. The molecule has 0 spiro atoms. The van der Waals surface area contributed by atoms with Gasteiger partial charge in [0, 0.05) is 41.0 Å². The van der Waals surface area contributed by atoms with Crippen molar-refractivity contribution < 1.29 is 27.9 Å². The number of benzene rings is 1. The van der Waals surface area contributed by atoms with Crippen molar-refractivity contribution in [3.05, 3.63) is 29.4 Å². The van der Waals surface area contributed by atoms with Gasteiger partial charge in [0.15, 0.2) is 0 Å². The Hall–Kier alpha value is -2.74. The second kappa shape index (κ2) is 12.2. The standard InChI is InChI=1S/C26H37N5O6S2/c1-26(2,3)31-39(35,36)22-13-18(30-25(34)37-15-19-5-4-12-27-19)10-11-20(22)21-14-28-23(38-21)16-6-8-17(9-7-16)29-24(32)33/h10-11,13-14,16-17,19,27,29,31H,4-9,12,15H2,1-3H3,(H,30,34)(H,32,33). The molecule has 2 fully saturated rings. The molecule has 11 nitrogen and oxygen atoms in total. The number of aromatic nitrogens is 1. The van der Waals surface area contributed by atoms with Crippen LogP contribution in [0.1, 0.15) is 70.2 Å². The average Bonchev–Trinajstić information content (AvgIpc) is 3.54. The van der Waals surface area contributed by atoms with Crippen LogP contribution < -0.4 is 20.7 Å². The van der Waals surface area contributed by atoms with E-state index in [1.54, 1.807) is 39.1 Å². The number of carboxylic acid groups (broad SMARTS) is 1. The molecule has 13 heteroatoms. The molecule has 2 aliphatic rings. The van der Waals surface area contributed by atoms with Crippen LogP contribution in [0.3, 0.4) is 0 Å². The fraction of sp³-hybridized carbons (Fsp3) is 0.577. The number of amides is 2. The van der Waals surface area contributed by atoms with Gasteiger partial charge in [-0.15, -0.1) is 11.3 Å². The minimum absolute atomic E-state index is 0.0391. The van der Waals surface area contributed by atoms with Crippen LogP contribution in [0.4, 0.5) is 15.3 Å². The second-order valence-electron chi connectivity index (χ2n) is 11.1. The summed E-state index contributed by atoms with van der Waals surface area (Å²) in [6.07, 6.45) is 5.08. The molecule has 2 heterocycles. The fourth-order valence-corrected chi connectivity index (χ4v) is 7.83. The lowest BCUT2D eigenvalue weighted by Crippen LogP contribution is -2.40. The number of ether oxygens (including phenoxy) is 1. The molecule has 0 bridgehead atoms. The molecule has 5 N–H and O–H groups in total. The van der Waals surface area contributed by atoms with Crippen LogP contribution >= 0.6 is 11.3 Å². The lowest BCUT2D eigenvalue weighted by atomic mass is 9.86. The quantitative estimate of drug-likeness (QED) is 0.306. The van der Waals surface area contributed by atoms with Gasteiger partial charge in [0.25, 0.3) is 0 Å². The minimum Gasteiger partial charge on any atom is -0.465 e. The van der Waals surface area contributed by atoms with Crippen LogP contribution in [0.15, 0.2) is 29.3 Å². The molecule has 1 aromatic carbocycles. The Morgan fingerprint density at radius 3 is 2.56 bits per heavy atom. The molecule has 1 saturated heterocycles. The molecule has 39 heavy (non-hydrogen) atoms. The maximum Gasteiger partial charge on any atom is 0.411 e. The van der Waals surface area contributed by atoms with Gasteiger partial charge in [-0.3, -0.25) is 5.32 Å². The van der Waals surface area contributed by atoms with Crippen molar-refractivity contribution in [2.45, 2.75) is 87.7 Å². The Labute approximate surface area is 233 Å². The lowest BCUT2D eigenvalue weighted by molar-refractivity contribution is 0.151. The Morgan fingerprint density at radius 1 is 1.18 bits per heavy atom. The highest BCUT2D eigenvalue weighted by atomic mass is 32.2. The zero-order valence-corrected chi connectivity index (χ0v) is 24.1. The summed E-state index contributed by atoms with van der Waals surface area (Å²) >= 11 is 1.44. The van der Waals surface area contributed by atoms with Gasteiger partial charge in [0.1, 0.15) is 6.61 Å². The van der Waals surface area contributed by atoms with E-state index < -0.39 is 27.7 Å².